The normalized spacial score (nSPS) is 18.4. The van der Waals surface area contributed by atoms with Gasteiger partial charge in [-0.3, -0.25) is 4.79 Å². The summed E-state index contributed by atoms with van der Waals surface area (Å²) in [5.74, 6) is -2.85. The van der Waals surface area contributed by atoms with Crippen molar-refractivity contribution in [1.29, 1.82) is 0 Å². The molecule has 25 heavy (non-hydrogen) atoms. The molecule has 2 rings (SSSR count). The molecule has 1 aliphatic rings. The van der Waals surface area contributed by atoms with Gasteiger partial charge in [-0.1, -0.05) is 12.5 Å². The molecule has 3 N–H and O–H groups in total. The first kappa shape index (κ1) is 21.8. The topological polar surface area (TPSA) is 92.5 Å². The lowest BCUT2D eigenvalue weighted by atomic mass is 10.1. The smallest absolute Gasteiger partial charge is 0.246 e. The van der Waals surface area contributed by atoms with Gasteiger partial charge in [0.05, 0.1) is 0 Å². The van der Waals surface area contributed by atoms with E-state index < -0.39 is 32.6 Å². The van der Waals surface area contributed by atoms with Crippen LogP contribution in [-0.2, 0) is 14.8 Å². The fourth-order valence-electron chi connectivity index (χ4n) is 2.76. The average molecular weight is 398 g/mol. The van der Waals surface area contributed by atoms with E-state index in [0.29, 0.717) is 12.8 Å². The Labute approximate surface area is 152 Å². The van der Waals surface area contributed by atoms with Crippen LogP contribution < -0.4 is 11.1 Å². The molecule has 0 radical (unpaired) electrons. The summed E-state index contributed by atoms with van der Waals surface area (Å²) in [5.41, 5.74) is 5.30. The zero-order valence-electron chi connectivity index (χ0n) is 13.6. The fourth-order valence-corrected chi connectivity index (χ4v) is 4.52. The quantitative estimate of drug-likeness (QED) is 0.758. The van der Waals surface area contributed by atoms with Crippen LogP contribution in [0.1, 0.15) is 25.7 Å². The third-order valence-corrected chi connectivity index (χ3v) is 5.95. The van der Waals surface area contributed by atoms with E-state index >= 15 is 0 Å². The van der Waals surface area contributed by atoms with Gasteiger partial charge in [-0.2, -0.15) is 4.31 Å². The predicted molar refractivity (Wildman–Crippen MR) is 91.8 cm³/mol. The molecular weight excluding hydrogens is 376 g/mol. The van der Waals surface area contributed by atoms with E-state index in [1.165, 1.54) is 0 Å². The van der Waals surface area contributed by atoms with Gasteiger partial charge in [0.25, 0.3) is 0 Å². The molecule has 142 valence electrons. The minimum atomic E-state index is -4.18. The minimum absolute atomic E-state index is 0. The maximum absolute atomic E-state index is 13.9. The van der Waals surface area contributed by atoms with Gasteiger partial charge in [0.15, 0.2) is 11.6 Å². The number of benzene rings is 1. The number of halogens is 3. The second kappa shape index (κ2) is 9.42. The molecular formula is C15H22ClF2N3O3S. The lowest BCUT2D eigenvalue weighted by Crippen LogP contribution is -2.49. The number of nitrogens with two attached hydrogens (primary N) is 1. The summed E-state index contributed by atoms with van der Waals surface area (Å²) in [6, 6.07) is 2.59. The summed E-state index contributed by atoms with van der Waals surface area (Å²) < 4.78 is 53.9. The van der Waals surface area contributed by atoms with Gasteiger partial charge in [0.2, 0.25) is 15.9 Å². The van der Waals surface area contributed by atoms with E-state index in [-0.39, 0.29) is 44.4 Å². The van der Waals surface area contributed by atoms with Gasteiger partial charge in [0, 0.05) is 32.1 Å². The molecule has 0 aromatic heterocycles. The molecule has 0 bridgehead atoms. The highest BCUT2D eigenvalue weighted by Crippen LogP contribution is 2.27. The molecule has 1 saturated heterocycles. The zero-order valence-corrected chi connectivity index (χ0v) is 15.2. The third kappa shape index (κ3) is 5.10. The van der Waals surface area contributed by atoms with Gasteiger partial charge < -0.3 is 11.1 Å². The number of carbonyl (C=O) groups is 1. The molecule has 0 spiro atoms. The van der Waals surface area contributed by atoms with Gasteiger partial charge >= 0.3 is 0 Å². The maximum Gasteiger partial charge on any atom is 0.246 e. The van der Waals surface area contributed by atoms with Crippen LogP contribution in [0, 0.1) is 11.6 Å². The van der Waals surface area contributed by atoms with E-state index in [1.54, 1.807) is 0 Å². The average Bonchev–Trinajstić information content (AvgIpc) is 2.56. The van der Waals surface area contributed by atoms with Crippen LogP contribution in [0.15, 0.2) is 23.1 Å². The van der Waals surface area contributed by atoms with Crippen LogP contribution in [0.4, 0.5) is 8.78 Å². The first-order chi connectivity index (χ1) is 11.4. The number of hydrogen-bond acceptors (Lipinski definition) is 4. The van der Waals surface area contributed by atoms with E-state index in [2.05, 4.69) is 5.32 Å². The minimum Gasteiger partial charge on any atom is -0.354 e. The summed E-state index contributed by atoms with van der Waals surface area (Å²) in [6.45, 7) is 0.526. The number of rotatable bonds is 6. The van der Waals surface area contributed by atoms with Crippen LogP contribution >= 0.6 is 12.4 Å². The number of carbonyl (C=O) groups excluding carboxylic acids is 1. The molecule has 1 heterocycles. The van der Waals surface area contributed by atoms with Crippen molar-refractivity contribution in [2.45, 2.75) is 36.6 Å². The molecule has 1 amide bonds. The Balaban J connectivity index is 0.00000312. The Kier molecular flexibility index (Phi) is 8.20. The van der Waals surface area contributed by atoms with Gasteiger partial charge in [-0.25, -0.2) is 17.2 Å². The molecule has 6 nitrogen and oxygen atoms in total. The summed E-state index contributed by atoms with van der Waals surface area (Å²) >= 11 is 0. The molecule has 0 aliphatic carbocycles. The second-order valence-corrected chi connectivity index (χ2v) is 7.52. The van der Waals surface area contributed by atoms with Crippen molar-refractivity contribution in [3.63, 3.8) is 0 Å². The van der Waals surface area contributed by atoms with Crippen molar-refractivity contribution in [2.75, 3.05) is 19.6 Å². The standard InChI is InChI=1S/C15H21F2N3O3S.ClH/c16-12-5-3-6-13(15(12)17)24(22,23)20-9-2-1-4-11(20)10-19-14(21)7-8-18;/h3,5-6,11H,1-2,4,7-10,18H2,(H,19,21);1H. The zero-order chi connectivity index (χ0) is 17.7. The van der Waals surface area contributed by atoms with Gasteiger partial charge in [0.1, 0.15) is 4.90 Å². The lowest BCUT2D eigenvalue weighted by Gasteiger charge is -2.34. The van der Waals surface area contributed by atoms with E-state index in [4.69, 9.17) is 5.73 Å². The highest BCUT2D eigenvalue weighted by atomic mass is 35.5. The van der Waals surface area contributed by atoms with Crippen LogP contribution in [0.3, 0.4) is 0 Å². The fraction of sp³-hybridized carbons (Fsp3) is 0.533. The molecule has 1 aromatic rings. The first-order valence-electron chi connectivity index (χ1n) is 7.80. The summed E-state index contributed by atoms with van der Waals surface area (Å²) in [5, 5.41) is 2.64. The highest BCUT2D eigenvalue weighted by Gasteiger charge is 2.35. The number of amides is 1. The van der Waals surface area contributed by atoms with E-state index in [0.717, 1.165) is 28.9 Å². The SMILES string of the molecule is Cl.NCCC(=O)NCC1CCCCN1S(=O)(=O)c1cccc(F)c1F. The molecule has 1 aromatic carbocycles. The molecule has 1 atom stereocenters. The number of sulfonamides is 1. The first-order valence-corrected chi connectivity index (χ1v) is 9.24. The van der Waals surface area contributed by atoms with Crippen LogP contribution in [-0.4, -0.2) is 44.3 Å². The van der Waals surface area contributed by atoms with Gasteiger partial charge in [-0.15, -0.1) is 12.4 Å². The number of nitrogens with one attached hydrogen (secondary N) is 1. The molecule has 0 saturated carbocycles. The van der Waals surface area contributed by atoms with Crippen molar-refractivity contribution in [3.8, 4) is 0 Å². The highest BCUT2D eigenvalue weighted by molar-refractivity contribution is 7.89. The molecule has 10 heteroatoms. The Bertz CT molecular complexity index is 703. The Morgan fingerprint density at radius 1 is 1.32 bits per heavy atom. The molecule has 1 aliphatic heterocycles. The van der Waals surface area contributed by atoms with Crippen molar-refractivity contribution in [3.05, 3.63) is 29.8 Å². The van der Waals surface area contributed by atoms with Crippen molar-refractivity contribution < 1.29 is 22.0 Å². The third-order valence-electron chi connectivity index (χ3n) is 3.98. The lowest BCUT2D eigenvalue weighted by molar-refractivity contribution is -0.121. The van der Waals surface area contributed by atoms with Crippen LogP contribution in [0.2, 0.25) is 0 Å². The summed E-state index contributed by atoms with van der Waals surface area (Å²) in [4.78, 5) is 10.9. The van der Waals surface area contributed by atoms with E-state index in [1.807, 2.05) is 0 Å². The Morgan fingerprint density at radius 2 is 2.04 bits per heavy atom. The van der Waals surface area contributed by atoms with E-state index in [9.17, 15) is 22.0 Å². The second-order valence-electron chi connectivity index (χ2n) is 5.66. The molecule has 1 fully saturated rings. The number of piperidine rings is 1. The van der Waals surface area contributed by atoms with Crippen molar-refractivity contribution >= 4 is 28.3 Å². The van der Waals surface area contributed by atoms with Crippen molar-refractivity contribution in [1.82, 2.24) is 9.62 Å². The predicted octanol–water partition coefficient (Wildman–Crippen LogP) is 1.39. The Morgan fingerprint density at radius 3 is 2.72 bits per heavy atom. The van der Waals surface area contributed by atoms with Gasteiger partial charge in [-0.05, 0) is 25.0 Å². The maximum atomic E-state index is 13.9. The van der Waals surface area contributed by atoms with Crippen molar-refractivity contribution in [2.24, 2.45) is 5.73 Å². The summed E-state index contributed by atoms with van der Waals surface area (Å²) in [6.07, 6.45) is 2.12. The number of nitrogens with zero attached hydrogens (tertiary/aromatic N) is 1. The largest absolute Gasteiger partial charge is 0.354 e. The van der Waals surface area contributed by atoms with Crippen LogP contribution in [0.5, 0.6) is 0 Å². The Hall–Kier alpha value is -1.29. The number of hydrogen-bond donors (Lipinski definition) is 2. The monoisotopic (exact) mass is 397 g/mol. The van der Waals surface area contributed by atoms with Crippen LogP contribution in [0.25, 0.3) is 0 Å². The summed E-state index contributed by atoms with van der Waals surface area (Å²) in [7, 11) is -4.18. The molecule has 1 unspecified atom stereocenters.